The Morgan fingerprint density at radius 3 is 2.44 bits per heavy atom. The fourth-order valence-corrected chi connectivity index (χ4v) is 2.09. The second-order valence-corrected chi connectivity index (χ2v) is 4.72. The summed E-state index contributed by atoms with van der Waals surface area (Å²) in [6.45, 7) is 4.18. The van der Waals surface area contributed by atoms with Crippen LogP contribution in [0, 0.1) is 13.8 Å². The van der Waals surface area contributed by atoms with Gasteiger partial charge in [0.15, 0.2) is 5.78 Å². The van der Waals surface area contributed by atoms with Gasteiger partial charge in [0.25, 0.3) is 0 Å². The highest BCUT2D eigenvalue weighted by Crippen LogP contribution is 2.14. The van der Waals surface area contributed by atoms with Gasteiger partial charge in [0.05, 0.1) is 0 Å². The highest BCUT2D eigenvalue weighted by atomic mass is 16.1. The summed E-state index contributed by atoms with van der Waals surface area (Å²) >= 11 is 0. The quantitative estimate of drug-likeness (QED) is 0.732. The first-order valence-electron chi connectivity index (χ1n) is 6.31. The van der Waals surface area contributed by atoms with E-state index in [1.165, 1.54) is 16.7 Å². The molecule has 0 aliphatic heterocycles. The van der Waals surface area contributed by atoms with E-state index in [-0.39, 0.29) is 5.78 Å². The van der Waals surface area contributed by atoms with Crippen LogP contribution in [-0.2, 0) is 6.42 Å². The van der Waals surface area contributed by atoms with Gasteiger partial charge in [-0.25, -0.2) is 0 Å². The molecule has 0 heterocycles. The Morgan fingerprint density at radius 2 is 1.72 bits per heavy atom. The third-order valence-corrected chi connectivity index (χ3v) is 3.22. The third-order valence-electron chi connectivity index (χ3n) is 3.22. The van der Waals surface area contributed by atoms with Crippen LogP contribution in [0.2, 0.25) is 0 Å². The minimum Gasteiger partial charge on any atom is -0.294 e. The van der Waals surface area contributed by atoms with E-state index in [0.717, 1.165) is 12.0 Å². The zero-order chi connectivity index (χ0) is 13.0. The van der Waals surface area contributed by atoms with Crippen LogP contribution in [0.5, 0.6) is 0 Å². The number of hydrogen-bond donors (Lipinski definition) is 0. The van der Waals surface area contributed by atoms with Gasteiger partial charge in [0.2, 0.25) is 0 Å². The summed E-state index contributed by atoms with van der Waals surface area (Å²) in [6, 6.07) is 15.9. The molecule has 0 amide bonds. The van der Waals surface area contributed by atoms with E-state index in [0.29, 0.717) is 6.42 Å². The van der Waals surface area contributed by atoms with Gasteiger partial charge >= 0.3 is 0 Å². The largest absolute Gasteiger partial charge is 0.294 e. The van der Waals surface area contributed by atoms with Crippen LogP contribution in [0.15, 0.2) is 48.5 Å². The Morgan fingerprint density at radius 1 is 1.00 bits per heavy atom. The number of carbonyl (C=O) groups excluding carboxylic acids is 1. The maximum Gasteiger partial charge on any atom is 0.163 e. The molecule has 0 saturated carbocycles. The van der Waals surface area contributed by atoms with Gasteiger partial charge in [0, 0.05) is 12.0 Å². The number of aryl methyl sites for hydroxylation is 3. The molecule has 0 saturated heterocycles. The standard InChI is InChI=1S/C17H18O/c1-13-8-9-14(2)16(12-13)10-11-17(18)15-6-4-3-5-7-15/h3-9,12H,10-11H2,1-2H3. The average molecular weight is 238 g/mol. The summed E-state index contributed by atoms with van der Waals surface area (Å²) in [5.41, 5.74) is 4.60. The molecule has 0 radical (unpaired) electrons. The number of carbonyl (C=O) groups is 1. The van der Waals surface area contributed by atoms with Crippen LogP contribution in [0.4, 0.5) is 0 Å². The van der Waals surface area contributed by atoms with E-state index in [4.69, 9.17) is 0 Å². The SMILES string of the molecule is Cc1ccc(C)c(CCC(=O)c2ccccc2)c1. The minimum absolute atomic E-state index is 0.219. The molecule has 18 heavy (non-hydrogen) atoms. The summed E-state index contributed by atoms with van der Waals surface area (Å²) in [4.78, 5) is 12.0. The van der Waals surface area contributed by atoms with E-state index in [1.807, 2.05) is 30.3 Å². The molecule has 0 atom stereocenters. The summed E-state index contributed by atoms with van der Waals surface area (Å²) < 4.78 is 0. The summed E-state index contributed by atoms with van der Waals surface area (Å²) in [5, 5.41) is 0. The topological polar surface area (TPSA) is 17.1 Å². The Hall–Kier alpha value is -1.89. The van der Waals surface area contributed by atoms with Crippen LogP contribution in [0.25, 0.3) is 0 Å². The number of Topliss-reactive ketones (excluding diaryl/α,β-unsaturated/α-hetero) is 1. The molecule has 0 bridgehead atoms. The lowest BCUT2D eigenvalue weighted by atomic mass is 9.98. The molecule has 2 aromatic rings. The van der Waals surface area contributed by atoms with Crippen molar-refractivity contribution < 1.29 is 4.79 Å². The van der Waals surface area contributed by atoms with Gasteiger partial charge in [-0.15, -0.1) is 0 Å². The second kappa shape index (κ2) is 5.63. The maximum absolute atomic E-state index is 12.0. The zero-order valence-electron chi connectivity index (χ0n) is 10.9. The van der Waals surface area contributed by atoms with E-state index in [9.17, 15) is 4.79 Å². The molecule has 0 spiro atoms. The van der Waals surface area contributed by atoms with Crippen LogP contribution in [0.3, 0.4) is 0 Å². The molecule has 0 N–H and O–H groups in total. The van der Waals surface area contributed by atoms with Crippen LogP contribution < -0.4 is 0 Å². The third kappa shape index (κ3) is 3.07. The van der Waals surface area contributed by atoms with Crippen LogP contribution >= 0.6 is 0 Å². The van der Waals surface area contributed by atoms with Gasteiger partial charge in [-0.05, 0) is 31.4 Å². The van der Waals surface area contributed by atoms with Crippen molar-refractivity contribution >= 4 is 5.78 Å². The Labute approximate surface area is 108 Å². The lowest BCUT2D eigenvalue weighted by Crippen LogP contribution is -2.02. The molecule has 0 unspecified atom stereocenters. The smallest absolute Gasteiger partial charge is 0.163 e. The van der Waals surface area contributed by atoms with E-state index in [2.05, 4.69) is 32.0 Å². The Balaban J connectivity index is 2.04. The van der Waals surface area contributed by atoms with Crippen molar-refractivity contribution in [1.29, 1.82) is 0 Å². The zero-order valence-corrected chi connectivity index (χ0v) is 10.9. The molecule has 0 aliphatic carbocycles. The molecule has 2 rings (SSSR count). The number of benzene rings is 2. The van der Waals surface area contributed by atoms with Crippen molar-refractivity contribution in [2.24, 2.45) is 0 Å². The average Bonchev–Trinajstić information content (AvgIpc) is 2.40. The number of ketones is 1. The predicted molar refractivity (Wildman–Crippen MR) is 75.0 cm³/mol. The Bertz CT molecular complexity index is 541. The summed E-state index contributed by atoms with van der Waals surface area (Å²) in [6.07, 6.45) is 1.40. The van der Waals surface area contributed by atoms with E-state index in [1.54, 1.807) is 0 Å². The first kappa shape index (κ1) is 12.6. The van der Waals surface area contributed by atoms with Gasteiger partial charge in [-0.2, -0.15) is 0 Å². The minimum atomic E-state index is 0.219. The molecule has 2 aromatic carbocycles. The summed E-state index contributed by atoms with van der Waals surface area (Å²) in [5.74, 6) is 0.219. The number of rotatable bonds is 4. The molecule has 1 nitrogen and oxygen atoms in total. The molecule has 1 heteroatoms. The lowest BCUT2D eigenvalue weighted by molar-refractivity contribution is 0.0983. The molecule has 92 valence electrons. The van der Waals surface area contributed by atoms with Crippen LogP contribution in [0.1, 0.15) is 33.5 Å². The van der Waals surface area contributed by atoms with Crippen molar-refractivity contribution in [2.75, 3.05) is 0 Å². The second-order valence-electron chi connectivity index (χ2n) is 4.72. The van der Waals surface area contributed by atoms with Gasteiger partial charge in [-0.3, -0.25) is 4.79 Å². The highest BCUT2D eigenvalue weighted by molar-refractivity contribution is 5.96. The molecular weight excluding hydrogens is 220 g/mol. The van der Waals surface area contributed by atoms with Crippen LogP contribution in [-0.4, -0.2) is 5.78 Å². The van der Waals surface area contributed by atoms with Crippen molar-refractivity contribution in [3.63, 3.8) is 0 Å². The molecular formula is C17H18O. The normalized spacial score (nSPS) is 10.3. The molecule has 0 aromatic heterocycles. The van der Waals surface area contributed by atoms with E-state index >= 15 is 0 Å². The fraction of sp³-hybridized carbons (Fsp3) is 0.235. The number of hydrogen-bond acceptors (Lipinski definition) is 1. The first-order chi connectivity index (χ1) is 8.66. The Kier molecular flexibility index (Phi) is 3.93. The fourth-order valence-electron chi connectivity index (χ4n) is 2.09. The lowest BCUT2D eigenvalue weighted by Gasteiger charge is -2.06. The maximum atomic E-state index is 12.0. The van der Waals surface area contributed by atoms with Crippen molar-refractivity contribution in [3.05, 3.63) is 70.8 Å². The van der Waals surface area contributed by atoms with Gasteiger partial charge < -0.3 is 0 Å². The molecule has 0 fully saturated rings. The van der Waals surface area contributed by atoms with Crippen molar-refractivity contribution in [3.8, 4) is 0 Å². The van der Waals surface area contributed by atoms with Gasteiger partial charge in [-0.1, -0.05) is 54.1 Å². The van der Waals surface area contributed by atoms with Gasteiger partial charge in [0.1, 0.15) is 0 Å². The summed E-state index contributed by atoms with van der Waals surface area (Å²) in [7, 11) is 0. The molecule has 0 aliphatic rings. The van der Waals surface area contributed by atoms with Crippen molar-refractivity contribution in [1.82, 2.24) is 0 Å². The van der Waals surface area contributed by atoms with E-state index < -0.39 is 0 Å². The highest BCUT2D eigenvalue weighted by Gasteiger charge is 2.06. The first-order valence-corrected chi connectivity index (χ1v) is 6.31. The monoisotopic (exact) mass is 238 g/mol. The predicted octanol–water partition coefficient (Wildman–Crippen LogP) is 4.12. The van der Waals surface area contributed by atoms with Crippen molar-refractivity contribution in [2.45, 2.75) is 26.7 Å².